The maximum atomic E-state index is 12.3. The summed E-state index contributed by atoms with van der Waals surface area (Å²) in [7, 11) is 0. The first-order valence-corrected chi connectivity index (χ1v) is 8.15. The summed E-state index contributed by atoms with van der Waals surface area (Å²) in [4.78, 5) is 14.1. The fraction of sp³-hybridized carbons (Fsp3) is 0.562. The third-order valence-corrected chi connectivity index (χ3v) is 5.04. The first-order chi connectivity index (χ1) is 10.6. The number of likely N-dealkylation sites (tertiary alicyclic amines) is 1. The number of rotatable bonds is 2. The number of benzene rings is 1. The van der Waals surface area contributed by atoms with Gasteiger partial charge in [0.05, 0.1) is 5.60 Å². The quantitative estimate of drug-likeness (QED) is 0.774. The molecule has 0 bridgehead atoms. The van der Waals surface area contributed by atoms with Crippen molar-refractivity contribution in [3.63, 3.8) is 0 Å². The number of hydrogen-bond acceptors (Lipinski definition) is 3. The van der Waals surface area contributed by atoms with Gasteiger partial charge in [0.25, 0.3) is 0 Å². The zero-order valence-electron chi connectivity index (χ0n) is 12.5. The maximum Gasteiger partial charge on any atom is 0.317 e. The topological polar surface area (TPSA) is 64.6 Å². The summed E-state index contributed by atoms with van der Waals surface area (Å²) in [6.45, 7) is 3.34. The molecule has 3 N–H and O–H groups in total. The Bertz CT molecular complexity index is 537. The van der Waals surface area contributed by atoms with Crippen molar-refractivity contribution in [2.75, 3.05) is 26.2 Å². The number of nitrogens with one attached hydrogen (secondary N) is 2. The van der Waals surface area contributed by atoms with Gasteiger partial charge in [-0.2, -0.15) is 0 Å². The molecule has 2 atom stereocenters. The third kappa shape index (κ3) is 3.37. The lowest BCUT2D eigenvalue weighted by molar-refractivity contribution is -0.0800. The number of carbonyl (C=O) groups excluding carboxylic acids is 1. The van der Waals surface area contributed by atoms with Crippen LogP contribution in [0, 0.1) is 5.92 Å². The molecule has 0 aromatic heterocycles. The van der Waals surface area contributed by atoms with E-state index in [1.54, 1.807) is 0 Å². The molecule has 0 aliphatic carbocycles. The number of fused-ring (bicyclic) bond motifs is 1. The molecule has 0 spiro atoms. The molecule has 0 radical (unpaired) electrons. The molecule has 22 heavy (non-hydrogen) atoms. The molecule has 0 unspecified atom stereocenters. The molecule has 2 saturated heterocycles. The lowest BCUT2D eigenvalue weighted by atomic mass is 9.76. The molecule has 2 heterocycles. The molecule has 5 nitrogen and oxygen atoms in total. The lowest BCUT2D eigenvalue weighted by Gasteiger charge is -2.47. The number of urea groups is 1. The van der Waals surface area contributed by atoms with Crippen LogP contribution in [0.1, 0.15) is 18.4 Å². The van der Waals surface area contributed by atoms with Gasteiger partial charge >= 0.3 is 6.03 Å². The van der Waals surface area contributed by atoms with E-state index in [1.165, 1.54) is 0 Å². The molecule has 6 heteroatoms. The fourth-order valence-corrected chi connectivity index (χ4v) is 3.43. The summed E-state index contributed by atoms with van der Waals surface area (Å²) in [5.74, 6) is 0.122. The summed E-state index contributed by atoms with van der Waals surface area (Å²) < 4.78 is 0. The Balaban J connectivity index is 1.53. The normalized spacial score (nSPS) is 28.1. The number of nitrogens with zero attached hydrogens (tertiary/aromatic N) is 1. The summed E-state index contributed by atoms with van der Waals surface area (Å²) in [6, 6.07) is 7.38. The summed E-state index contributed by atoms with van der Waals surface area (Å²) in [5.41, 5.74) is 0.420. The van der Waals surface area contributed by atoms with Crippen molar-refractivity contribution in [2.24, 2.45) is 5.92 Å². The minimum atomic E-state index is -0.599. The van der Waals surface area contributed by atoms with Crippen LogP contribution in [-0.2, 0) is 6.54 Å². The van der Waals surface area contributed by atoms with Gasteiger partial charge in [-0.1, -0.05) is 23.7 Å². The number of amides is 2. The van der Waals surface area contributed by atoms with E-state index >= 15 is 0 Å². The Morgan fingerprint density at radius 3 is 2.95 bits per heavy atom. The Hall–Kier alpha value is -1.30. The van der Waals surface area contributed by atoms with E-state index in [0.29, 0.717) is 31.1 Å². The van der Waals surface area contributed by atoms with E-state index in [2.05, 4.69) is 10.6 Å². The molecule has 0 saturated carbocycles. The van der Waals surface area contributed by atoms with Crippen LogP contribution in [0.5, 0.6) is 0 Å². The van der Waals surface area contributed by atoms with Crippen LogP contribution in [0.3, 0.4) is 0 Å². The van der Waals surface area contributed by atoms with Gasteiger partial charge in [0, 0.05) is 37.1 Å². The van der Waals surface area contributed by atoms with E-state index in [9.17, 15) is 9.90 Å². The van der Waals surface area contributed by atoms with Crippen molar-refractivity contribution in [2.45, 2.75) is 25.0 Å². The summed E-state index contributed by atoms with van der Waals surface area (Å²) in [5, 5.41) is 17.5. The molecule has 2 aliphatic rings. The highest BCUT2D eigenvalue weighted by atomic mass is 35.5. The van der Waals surface area contributed by atoms with Crippen molar-refractivity contribution < 1.29 is 9.90 Å². The van der Waals surface area contributed by atoms with Crippen molar-refractivity contribution in [3.05, 3.63) is 34.9 Å². The van der Waals surface area contributed by atoms with Gasteiger partial charge in [0.2, 0.25) is 0 Å². The van der Waals surface area contributed by atoms with E-state index in [0.717, 1.165) is 25.1 Å². The van der Waals surface area contributed by atoms with E-state index in [-0.39, 0.29) is 11.9 Å². The van der Waals surface area contributed by atoms with Gasteiger partial charge in [-0.25, -0.2) is 4.79 Å². The van der Waals surface area contributed by atoms with Crippen LogP contribution in [-0.4, -0.2) is 47.8 Å². The highest BCUT2D eigenvalue weighted by molar-refractivity contribution is 6.30. The third-order valence-electron chi connectivity index (χ3n) is 4.78. The minimum Gasteiger partial charge on any atom is -0.389 e. The van der Waals surface area contributed by atoms with Crippen LogP contribution < -0.4 is 10.6 Å². The van der Waals surface area contributed by atoms with Crippen LogP contribution in [0.25, 0.3) is 0 Å². The second-order valence-electron chi connectivity index (χ2n) is 6.24. The highest BCUT2D eigenvalue weighted by Crippen LogP contribution is 2.32. The predicted molar refractivity (Wildman–Crippen MR) is 85.8 cm³/mol. The molecule has 1 aromatic rings. The average molecular weight is 324 g/mol. The second-order valence-corrected chi connectivity index (χ2v) is 6.67. The van der Waals surface area contributed by atoms with Gasteiger partial charge in [0.15, 0.2) is 0 Å². The van der Waals surface area contributed by atoms with E-state index in [1.807, 2.05) is 29.2 Å². The first kappa shape index (κ1) is 15.6. The molecule has 1 aromatic carbocycles. The van der Waals surface area contributed by atoms with Gasteiger partial charge in [-0.3, -0.25) is 0 Å². The Morgan fingerprint density at radius 1 is 1.41 bits per heavy atom. The van der Waals surface area contributed by atoms with E-state index in [4.69, 9.17) is 11.6 Å². The molecular formula is C16H22ClN3O2. The number of hydrogen-bond donors (Lipinski definition) is 3. The van der Waals surface area contributed by atoms with Crippen LogP contribution >= 0.6 is 11.6 Å². The zero-order valence-corrected chi connectivity index (χ0v) is 13.3. The Labute approximate surface area is 135 Å². The van der Waals surface area contributed by atoms with Crippen LogP contribution in [0.4, 0.5) is 4.79 Å². The second kappa shape index (κ2) is 6.44. The minimum absolute atomic E-state index is 0.0671. The summed E-state index contributed by atoms with van der Waals surface area (Å²) >= 11 is 5.85. The Kier molecular flexibility index (Phi) is 4.57. The maximum absolute atomic E-state index is 12.3. The highest BCUT2D eigenvalue weighted by Gasteiger charge is 2.43. The van der Waals surface area contributed by atoms with Gasteiger partial charge in [-0.15, -0.1) is 0 Å². The standard InChI is InChI=1S/C16H22ClN3O2/c17-14-3-1-12(2-4-14)9-19-15(21)20-8-6-16(22)5-7-18-10-13(16)11-20/h1-4,13,18,22H,5-11H2,(H,19,21)/t13-,16-/m0/s1. The van der Waals surface area contributed by atoms with Crippen molar-refractivity contribution in [3.8, 4) is 0 Å². The van der Waals surface area contributed by atoms with Gasteiger partial charge in [0.1, 0.15) is 0 Å². The van der Waals surface area contributed by atoms with E-state index < -0.39 is 5.60 Å². The van der Waals surface area contributed by atoms with Gasteiger partial charge in [-0.05, 0) is 37.1 Å². The summed E-state index contributed by atoms with van der Waals surface area (Å²) in [6.07, 6.45) is 1.44. The van der Waals surface area contributed by atoms with Crippen LogP contribution in [0.15, 0.2) is 24.3 Å². The van der Waals surface area contributed by atoms with Crippen molar-refractivity contribution in [1.29, 1.82) is 0 Å². The SMILES string of the molecule is O=C(NCc1ccc(Cl)cc1)N1CC[C@@]2(O)CCNC[C@H]2C1. The van der Waals surface area contributed by atoms with Crippen molar-refractivity contribution in [1.82, 2.24) is 15.5 Å². The average Bonchev–Trinajstić information content (AvgIpc) is 2.53. The molecule has 3 rings (SSSR count). The predicted octanol–water partition coefficient (Wildman–Crippen LogP) is 1.60. The molecular weight excluding hydrogens is 302 g/mol. The number of carbonyl (C=O) groups is 1. The first-order valence-electron chi connectivity index (χ1n) is 7.77. The lowest BCUT2D eigenvalue weighted by Crippen LogP contribution is -2.60. The number of halogens is 1. The molecule has 2 aliphatic heterocycles. The largest absolute Gasteiger partial charge is 0.389 e. The van der Waals surface area contributed by atoms with Crippen molar-refractivity contribution >= 4 is 17.6 Å². The fourth-order valence-electron chi connectivity index (χ4n) is 3.30. The zero-order chi connectivity index (χ0) is 15.6. The van der Waals surface area contributed by atoms with Gasteiger partial charge < -0.3 is 20.6 Å². The monoisotopic (exact) mass is 323 g/mol. The molecule has 2 fully saturated rings. The molecule has 120 valence electrons. The molecule has 2 amide bonds. The smallest absolute Gasteiger partial charge is 0.317 e. The van der Waals surface area contributed by atoms with Crippen LogP contribution in [0.2, 0.25) is 5.02 Å². The number of piperidine rings is 2. The number of aliphatic hydroxyl groups is 1. The Morgan fingerprint density at radius 2 is 2.18 bits per heavy atom.